The summed E-state index contributed by atoms with van der Waals surface area (Å²) >= 11 is 1.55. The minimum atomic E-state index is 0.227. The van der Waals surface area contributed by atoms with Crippen molar-refractivity contribution in [3.63, 3.8) is 0 Å². The molecule has 0 radical (unpaired) electrons. The molecule has 0 fully saturated rings. The van der Waals surface area contributed by atoms with Crippen molar-refractivity contribution in [2.75, 3.05) is 23.7 Å². The van der Waals surface area contributed by atoms with Gasteiger partial charge in [0.05, 0.1) is 17.9 Å². The Bertz CT molecular complexity index is 713. The van der Waals surface area contributed by atoms with Gasteiger partial charge >= 0.3 is 0 Å². The largest absolute Gasteiger partial charge is 0.487 e. The summed E-state index contributed by atoms with van der Waals surface area (Å²) < 4.78 is 6.05. The standard InChI is InChI=1S/C20H29N3OS/c1-4-5-6-7-8-11-23-13-14(2)24-18-10-9-16(12-17(18)23)19-15(3)25-20(21)22-19/h9-10,12,14H,4-8,11,13H2,1-3H3,(H2,21,22). The Morgan fingerprint density at radius 3 is 2.80 bits per heavy atom. The van der Waals surface area contributed by atoms with E-state index in [9.17, 15) is 0 Å². The molecule has 0 saturated heterocycles. The Balaban J connectivity index is 1.79. The second kappa shape index (κ2) is 8.09. The quantitative estimate of drug-likeness (QED) is 0.685. The Morgan fingerprint density at radius 2 is 2.08 bits per heavy atom. The van der Waals surface area contributed by atoms with E-state index in [1.165, 1.54) is 37.8 Å². The number of nitrogens with zero attached hydrogens (tertiary/aromatic N) is 2. The van der Waals surface area contributed by atoms with E-state index in [2.05, 4.69) is 48.9 Å². The molecule has 1 atom stereocenters. The lowest BCUT2D eigenvalue weighted by molar-refractivity contribution is 0.212. The fourth-order valence-electron chi connectivity index (χ4n) is 3.48. The molecule has 0 saturated carbocycles. The lowest BCUT2D eigenvalue weighted by Crippen LogP contribution is -2.39. The molecule has 0 amide bonds. The van der Waals surface area contributed by atoms with Crippen LogP contribution in [0.1, 0.15) is 50.8 Å². The van der Waals surface area contributed by atoms with Gasteiger partial charge in [-0.25, -0.2) is 4.98 Å². The summed E-state index contributed by atoms with van der Waals surface area (Å²) in [7, 11) is 0. The molecule has 1 aliphatic heterocycles. The zero-order chi connectivity index (χ0) is 17.8. The van der Waals surface area contributed by atoms with Gasteiger partial charge in [0.15, 0.2) is 5.13 Å². The van der Waals surface area contributed by atoms with Crippen LogP contribution in [0.4, 0.5) is 10.8 Å². The van der Waals surface area contributed by atoms with Gasteiger partial charge in [-0.3, -0.25) is 0 Å². The third kappa shape index (κ3) is 4.27. The number of benzene rings is 1. The molecule has 5 heteroatoms. The molecule has 0 spiro atoms. The third-order valence-corrected chi connectivity index (χ3v) is 5.52. The van der Waals surface area contributed by atoms with E-state index in [1.807, 2.05) is 0 Å². The monoisotopic (exact) mass is 359 g/mol. The number of ether oxygens (including phenoxy) is 1. The minimum Gasteiger partial charge on any atom is -0.487 e. The van der Waals surface area contributed by atoms with Gasteiger partial charge in [0.25, 0.3) is 0 Å². The smallest absolute Gasteiger partial charge is 0.180 e. The molecule has 0 bridgehead atoms. The number of nitrogen functional groups attached to an aromatic ring is 1. The number of hydrogen-bond acceptors (Lipinski definition) is 5. The summed E-state index contributed by atoms with van der Waals surface area (Å²) in [4.78, 5) is 8.14. The fourth-order valence-corrected chi connectivity index (χ4v) is 4.19. The van der Waals surface area contributed by atoms with Crippen molar-refractivity contribution in [3.8, 4) is 17.0 Å². The summed E-state index contributed by atoms with van der Waals surface area (Å²) in [6.07, 6.45) is 6.73. The average molecular weight is 360 g/mol. The van der Waals surface area contributed by atoms with Crippen LogP contribution in [0, 0.1) is 6.92 Å². The first-order valence-corrected chi connectivity index (χ1v) is 10.2. The topological polar surface area (TPSA) is 51.4 Å². The molecule has 25 heavy (non-hydrogen) atoms. The SMILES string of the molecule is CCCCCCCN1CC(C)Oc2ccc(-c3nc(N)sc3C)cc21. The molecule has 1 unspecified atom stereocenters. The number of anilines is 2. The van der Waals surface area contributed by atoms with E-state index >= 15 is 0 Å². The zero-order valence-electron chi connectivity index (χ0n) is 15.5. The van der Waals surface area contributed by atoms with Gasteiger partial charge in [-0.2, -0.15) is 0 Å². The molecule has 3 rings (SSSR count). The van der Waals surface area contributed by atoms with Crippen LogP contribution in [0.2, 0.25) is 0 Å². The number of fused-ring (bicyclic) bond motifs is 1. The van der Waals surface area contributed by atoms with Crippen molar-refractivity contribution in [3.05, 3.63) is 23.1 Å². The van der Waals surface area contributed by atoms with Crippen molar-refractivity contribution in [1.82, 2.24) is 4.98 Å². The minimum absolute atomic E-state index is 0.227. The molecular formula is C20H29N3OS. The summed E-state index contributed by atoms with van der Waals surface area (Å²) in [5.41, 5.74) is 9.19. The Hall–Kier alpha value is -1.75. The normalized spacial score (nSPS) is 16.6. The van der Waals surface area contributed by atoms with Crippen LogP contribution >= 0.6 is 11.3 Å². The van der Waals surface area contributed by atoms with Crippen molar-refractivity contribution < 1.29 is 4.74 Å². The number of aryl methyl sites for hydroxylation is 1. The molecule has 136 valence electrons. The molecule has 1 aliphatic rings. The van der Waals surface area contributed by atoms with Gasteiger partial charge in [-0.1, -0.05) is 32.6 Å². The fraction of sp³-hybridized carbons (Fsp3) is 0.550. The highest BCUT2D eigenvalue weighted by atomic mass is 32.1. The first-order chi connectivity index (χ1) is 12.1. The maximum absolute atomic E-state index is 6.05. The average Bonchev–Trinajstić information content (AvgIpc) is 2.92. The van der Waals surface area contributed by atoms with E-state index in [0.717, 1.165) is 35.0 Å². The summed E-state index contributed by atoms with van der Waals surface area (Å²) in [6, 6.07) is 6.39. The van der Waals surface area contributed by atoms with Gasteiger partial charge in [-0.05, 0) is 38.5 Å². The van der Waals surface area contributed by atoms with Crippen molar-refractivity contribution >= 4 is 22.2 Å². The lowest BCUT2D eigenvalue weighted by atomic mass is 10.1. The molecule has 4 nitrogen and oxygen atoms in total. The number of nitrogens with two attached hydrogens (primary N) is 1. The summed E-state index contributed by atoms with van der Waals surface area (Å²) in [5, 5.41) is 0.628. The van der Waals surface area contributed by atoms with Crippen molar-refractivity contribution in [2.45, 2.75) is 59.0 Å². The van der Waals surface area contributed by atoms with Crippen LogP contribution < -0.4 is 15.4 Å². The Labute approximate surface area is 155 Å². The highest BCUT2D eigenvalue weighted by molar-refractivity contribution is 7.15. The molecule has 1 aromatic carbocycles. The molecular weight excluding hydrogens is 330 g/mol. The van der Waals surface area contributed by atoms with Gasteiger partial charge in [0.1, 0.15) is 11.9 Å². The van der Waals surface area contributed by atoms with Crippen molar-refractivity contribution in [2.24, 2.45) is 0 Å². The van der Waals surface area contributed by atoms with E-state index in [-0.39, 0.29) is 6.10 Å². The zero-order valence-corrected chi connectivity index (χ0v) is 16.4. The maximum Gasteiger partial charge on any atom is 0.180 e. The second-order valence-electron chi connectivity index (χ2n) is 6.93. The van der Waals surface area contributed by atoms with Crippen LogP contribution in [-0.2, 0) is 0 Å². The van der Waals surface area contributed by atoms with E-state index in [0.29, 0.717) is 5.13 Å². The summed E-state index contributed by atoms with van der Waals surface area (Å²) in [6.45, 7) is 8.52. The predicted octanol–water partition coefficient (Wildman–Crippen LogP) is 5.26. The van der Waals surface area contributed by atoms with Crippen LogP contribution in [0.15, 0.2) is 18.2 Å². The predicted molar refractivity (Wildman–Crippen MR) is 108 cm³/mol. The van der Waals surface area contributed by atoms with E-state index < -0.39 is 0 Å². The number of aromatic nitrogens is 1. The highest BCUT2D eigenvalue weighted by Crippen LogP contribution is 2.38. The molecule has 0 aliphatic carbocycles. The van der Waals surface area contributed by atoms with Gasteiger partial charge in [0.2, 0.25) is 0 Å². The molecule has 2 aromatic rings. The molecule has 2 N–H and O–H groups in total. The van der Waals surface area contributed by atoms with Crippen LogP contribution in [0.5, 0.6) is 5.75 Å². The Morgan fingerprint density at radius 1 is 1.28 bits per heavy atom. The van der Waals surface area contributed by atoms with E-state index in [1.54, 1.807) is 11.3 Å². The first kappa shape index (κ1) is 18.1. The number of thiazole rings is 1. The van der Waals surface area contributed by atoms with Crippen LogP contribution in [0.3, 0.4) is 0 Å². The second-order valence-corrected chi connectivity index (χ2v) is 8.16. The third-order valence-electron chi connectivity index (χ3n) is 4.72. The number of unbranched alkanes of at least 4 members (excludes halogenated alkanes) is 4. The number of hydrogen-bond donors (Lipinski definition) is 1. The maximum atomic E-state index is 6.05. The van der Waals surface area contributed by atoms with Gasteiger partial charge in [0, 0.05) is 17.0 Å². The van der Waals surface area contributed by atoms with Crippen molar-refractivity contribution in [1.29, 1.82) is 0 Å². The highest BCUT2D eigenvalue weighted by Gasteiger charge is 2.23. The number of rotatable bonds is 7. The van der Waals surface area contributed by atoms with E-state index in [4.69, 9.17) is 10.5 Å². The lowest BCUT2D eigenvalue weighted by Gasteiger charge is -2.35. The van der Waals surface area contributed by atoms with Crippen LogP contribution in [-0.4, -0.2) is 24.2 Å². The molecule has 1 aromatic heterocycles. The van der Waals surface area contributed by atoms with Gasteiger partial charge in [-0.15, -0.1) is 11.3 Å². The molecule has 2 heterocycles. The van der Waals surface area contributed by atoms with Gasteiger partial charge < -0.3 is 15.4 Å². The Kier molecular flexibility index (Phi) is 5.84. The summed E-state index contributed by atoms with van der Waals surface area (Å²) in [5.74, 6) is 0.983. The van der Waals surface area contributed by atoms with Crippen LogP contribution in [0.25, 0.3) is 11.3 Å². The first-order valence-electron chi connectivity index (χ1n) is 9.37.